The van der Waals surface area contributed by atoms with Crippen LogP contribution < -0.4 is 5.73 Å². The molecule has 0 bridgehead atoms. The Morgan fingerprint density at radius 1 is 1.43 bits per heavy atom. The summed E-state index contributed by atoms with van der Waals surface area (Å²) in [5.41, 5.74) is 5.81. The molecular weight excluding hydrogens is 180 g/mol. The van der Waals surface area contributed by atoms with E-state index in [2.05, 4.69) is 0 Å². The lowest BCUT2D eigenvalue weighted by Crippen LogP contribution is -2.39. The van der Waals surface area contributed by atoms with E-state index in [0.717, 1.165) is 19.3 Å². The fourth-order valence-electron chi connectivity index (χ4n) is 1.79. The average Bonchev–Trinajstić information content (AvgIpc) is 2.54. The van der Waals surface area contributed by atoms with Gasteiger partial charge >= 0.3 is 6.09 Å². The van der Waals surface area contributed by atoms with Crippen molar-refractivity contribution in [3.05, 3.63) is 0 Å². The molecule has 0 aromatic heterocycles. The Kier molecular flexibility index (Phi) is 4.20. The van der Waals surface area contributed by atoms with E-state index in [9.17, 15) is 4.79 Å². The molecule has 14 heavy (non-hydrogen) atoms. The molecule has 1 saturated carbocycles. The van der Waals surface area contributed by atoms with Crippen molar-refractivity contribution in [1.82, 2.24) is 4.90 Å². The first-order valence-electron chi connectivity index (χ1n) is 5.40. The lowest BCUT2D eigenvalue weighted by Gasteiger charge is -2.23. The maximum atomic E-state index is 11.6. The highest BCUT2D eigenvalue weighted by Gasteiger charge is 2.28. The van der Waals surface area contributed by atoms with Gasteiger partial charge in [0, 0.05) is 19.1 Å². The Hall–Kier alpha value is -0.770. The molecule has 4 heteroatoms. The number of hydrogen-bond acceptors (Lipinski definition) is 3. The number of carbonyl (C=O) groups excluding carboxylic acids is 1. The van der Waals surface area contributed by atoms with E-state index in [1.807, 2.05) is 13.8 Å². The third kappa shape index (κ3) is 2.61. The van der Waals surface area contributed by atoms with Gasteiger partial charge in [0.25, 0.3) is 0 Å². The molecular formula is C10H20N2O2. The van der Waals surface area contributed by atoms with Gasteiger partial charge in [-0.15, -0.1) is 0 Å². The molecule has 4 nitrogen and oxygen atoms in total. The van der Waals surface area contributed by atoms with Crippen molar-refractivity contribution in [2.24, 2.45) is 5.73 Å². The normalized spacial score (nSPS) is 26.2. The zero-order chi connectivity index (χ0) is 10.6. The van der Waals surface area contributed by atoms with Crippen molar-refractivity contribution in [3.8, 4) is 0 Å². The first-order valence-corrected chi connectivity index (χ1v) is 5.40. The number of nitrogens with two attached hydrogens (primary N) is 1. The smallest absolute Gasteiger partial charge is 0.410 e. The maximum Gasteiger partial charge on any atom is 0.410 e. The highest BCUT2D eigenvalue weighted by molar-refractivity contribution is 5.67. The Bertz CT molecular complexity index is 193. The van der Waals surface area contributed by atoms with Crippen LogP contribution in [0.4, 0.5) is 4.79 Å². The van der Waals surface area contributed by atoms with Crippen molar-refractivity contribution in [2.45, 2.75) is 45.3 Å². The summed E-state index contributed by atoms with van der Waals surface area (Å²) in [5.74, 6) is 0. The SMILES string of the molecule is CCN(CC)C(=O)O[C@@H]1CCC[C@H]1N. The van der Waals surface area contributed by atoms with Crippen molar-refractivity contribution in [2.75, 3.05) is 13.1 Å². The molecule has 2 atom stereocenters. The molecule has 1 aliphatic rings. The minimum Gasteiger partial charge on any atom is -0.444 e. The van der Waals surface area contributed by atoms with Gasteiger partial charge in [0.1, 0.15) is 6.10 Å². The van der Waals surface area contributed by atoms with E-state index in [1.165, 1.54) is 0 Å². The molecule has 0 aromatic carbocycles. The number of amides is 1. The van der Waals surface area contributed by atoms with Crippen LogP contribution in [-0.2, 0) is 4.74 Å². The number of ether oxygens (including phenoxy) is 1. The van der Waals surface area contributed by atoms with Crippen LogP contribution in [0.5, 0.6) is 0 Å². The van der Waals surface area contributed by atoms with Crippen molar-refractivity contribution >= 4 is 6.09 Å². The summed E-state index contributed by atoms with van der Waals surface area (Å²) in [4.78, 5) is 13.2. The van der Waals surface area contributed by atoms with Gasteiger partial charge < -0.3 is 15.4 Å². The molecule has 0 spiro atoms. The predicted octanol–water partition coefficient (Wildman–Crippen LogP) is 1.34. The molecule has 0 unspecified atom stereocenters. The summed E-state index contributed by atoms with van der Waals surface area (Å²) in [7, 11) is 0. The standard InChI is InChI=1S/C10H20N2O2/c1-3-12(4-2)10(13)14-9-7-5-6-8(9)11/h8-9H,3-7,11H2,1-2H3/t8-,9-/m1/s1. The summed E-state index contributed by atoms with van der Waals surface area (Å²) in [5, 5.41) is 0. The molecule has 0 saturated heterocycles. The van der Waals surface area contributed by atoms with E-state index in [-0.39, 0.29) is 18.2 Å². The van der Waals surface area contributed by atoms with Crippen LogP contribution >= 0.6 is 0 Å². The van der Waals surface area contributed by atoms with Gasteiger partial charge in [0.2, 0.25) is 0 Å². The Labute approximate surface area is 85.4 Å². The third-order valence-electron chi connectivity index (χ3n) is 2.78. The second-order valence-corrected chi connectivity index (χ2v) is 3.69. The van der Waals surface area contributed by atoms with Crippen molar-refractivity contribution in [3.63, 3.8) is 0 Å². The summed E-state index contributed by atoms with van der Waals surface area (Å²) < 4.78 is 5.33. The molecule has 1 amide bonds. The number of nitrogens with zero attached hydrogens (tertiary/aromatic N) is 1. The first kappa shape index (κ1) is 11.3. The van der Waals surface area contributed by atoms with Crippen molar-refractivity contribution < 1.29 is 9.53 Å². The fraction of sp³-hybridized carbons (Fsp3) is 0.900. The molecule has 1 rings (SSSR count). The van der Waals surface area contributed by atoms with Gasteiger partial charge in [0.05, 0.1) is 0 Å². The van der Waals surface area contributed by atoms with Crippen LogP contribution in [0.15, 0.2) is 0 Å². The van der Waals surface area contributed by atoms with Gasteiger partial charge in [0.15, 0.2) is 0 Å². The van der Waals surface area contributed by atoms with Gasteiger partial charge in [-0.2, -0.15) is 0 Å². The summed E-state index contributed by atoms with van der Waals surface area (Å²) in [6.45, 7) is 5.27. The van der Waals surface area contributed by atoms with Gasteiger partial charge in [-0.25, -0.2) is 4.79 Å². The lowest BCUT2D eigenvalue weighted by molar-refractivity contribution is 0.0616. The summed E-state index contributed by atoms with van der Waals surface area (Å²) in [6.07, 6.45) is 2.65. The monoisotopic (exact) mass is 200 g/mol. The topological polar surface area (TPSA) is 55.6 Å². The predicted molar refractivity (Wildman–Crippen MR) is 55.0 cm³/mol. The molecule has 0 radical (unpaired) electrons. The number of hydrogen-bond donors (Lipinski definition) is 1. The minimum absolute atomic E-state index is 0.0366. The lowest BCUT2D eigenvalue weighted by atomic mass is 10.2. The summed E-state index contributed by atoms with van der Waals surface area (Å²) in [6, 6.07) is 0.0366. The van der Waals surface area contributed by atoms with Crippen LogP contribution in [0.1, 0.15) is 33.1 Å². The highest BCUT2D eigenvalue weighted by Crippen LogP contribution is 2.20. The van der Waals surface area contributed by atoms with Gasteiger partial charge in [-0.1, -0.05) is 0 Å². The average molecular weight is 200 g/mol. The van der Waals surface area contributed by atoms with E-state index >= 15 is 0 Å². The van der Waals surface area contributed by atoms with Gasteiger partial charge in [-0.3, -0.25) is 0 Å². The molecule has 1 fully saturated rings. The maximum absolute atomic E-state index is 11.6. The second kappa shape index (κ2) is 5.20. The zero-order valence-electron chi connectivity index (χ0n) is 9.03. The Morgan fingerprint density at radius 2 is 2.07 bits per heavy atom. The van der Waals surface area contributed by atoms with Crippen LogP contribution in [0, 0.1) is 0 Å². The largest absolute Gasteiger partial charge is 0.444 e. The number of rotatable bonds is 3. The van der Waals surface area contributed by atoms with Crippen LogP contribution in [0.2, 0.25) is 0 Å². The first-order chi connectivity index (χ1) is 6.69. The molecule has 0 heterocycles. The van der Waals surface area contributed by atoms with E-state index < -0.39 is 0 Å². The Balaban J connectivity index is 2.39. The second-order valence-electron chi connectivity index (χ2n) is 3.69. The quantitative estimate of drug-likeness (QED) is 0.748. The Morgan fingerprint density at radius 3 is 2.50 bits per heavy atom. The van der Waals surface area contributed by atoms with Crippen LogP contribution in [0.3, 0.4) is 0 Å². The highest BCUT2D eigenvalue weighted by atomic mass is 16.6. The summed E-state index contributed by atoms with van der Waals surface area (Å²) >= 11 is 0. The van der Waals surface area contributed by atoms with E-state index in [4.69, 9.17) is 10.5 Å². The third-order valence-corrected chi connectivity index (χ3v) is 2.78. The van der Waals surface area contributed by atoms with E-state index in [1.54, 1.807) is 4.90 Å². The molecule has 0 aliphatic heterocycles. The van der Waals surface area contributed by atoms with Gasteiger partial charge in [-0.05, 0) is 33.1 Å². The zero-order valence-corrected chi connectivity index (χ0v) is 9.03. The van der Waals surface area contributed by atoms with Crippen molar-refractivity contribution in [1.29, 1.82) is 0 Å². The van der Waals surface area contributed by atoms with Crippen LogP contribution in [0.25, 0.3) is 0 Å². The van der Waals surface area contributed by atoms with E-state index in [0.29, 0.717) is 13.1 Å². The molecule has 82 valence electrons. The van der Waals surface area contributed by atoms with Crippen LogP contribution in [-0.4, -0.2) is 36.2 Å². The number of carbonyl (C=O) groups is 1. The fourth-order valence-corrected chi connectivity index (χ4v) is 1.79. The molecule has 0 aromatic rings. The molecule has 1 aliphatic carbocycles. The minimum atomic E-state index is -0.225. The molecule has 2 N–H and O–H groups in total.